The second-order valence-electron chi connectivity index (χ2n) is 3.96. The molecule has 0 aliphatic heterocycles. The van der Waals surface area contributed by atoms with Gasteiger partial charge in [0.15, 0.2) is 6.29 Å². The van der Waals surface area contributed by atoms with Gasteiger partial charge in [-0.15, -0.1) is 11.3 Å². The van der Waals surface area contributed by atoms with Crippen LogP contribution in [0.25, 0.3) is 0 Å². The van der Waals surface area contributed by atoms with Crippen LogP contribution < -0.4 is 0 Å². The molecule has 1 aromatic carbocycles. The summed E-state index contributed by atoms with van der Waals surface area (Å²) in [5.74, 6) is 0. The molecule has 0 spiro atoms. The minimum atomic E-state index is 0.532. The minimum absolute atomic E-state index is 0.532. The second kappa shape index (κ2) is 4.58. The van der Waals surface area contributed by atoms with Crippen LogP contribution in [0.4, 0.5) is 0 Å². The first-order valence-corrected chi connectivity index (χ1v) is 6.02. The highest BCUT2D eigenvalue weighted by molar-refractivity contribution is 7.09. The largest absolute Gasteiger partial charge is 0.296 e. The van der Waals surface area contributed by atoms with E-state index in [4.69, 9.17) is 0 Å². The molecule has 0 radical (unpaired) electrons. The van der Waals surface area contributed by atoms with Crippen molar-refractivity contribution in [3.8, 4) is 0 Å². The first-order chi connectivity index (χ1) is 7.67. The maximum absolute atomic E-state index is 10.5. The van der Waals surface area contributed by atoms with Crippen LogP contribution in [-0.4, -0.2) is 11.3 Å². The van der Waals surface area contributed by atoms with Crippen LogP contribution in [0.5, 0.6) is 0 Å². The fraction of sp³-hybridized carbons (Fsp3) is 0.231. The highest BCUT2D eigenvalue weighted by Gasteiger charge is 2.03. The predicted molar refractivity (Wildman–Crippen MR) is 66.2 cm³/mol. The smallest absolute Gasteiger partial charge is 0.169 e. The number of benzene rings is 1. The number of aromatic nitrogens is 1. The Morgan fingerprint density at radius 2 is 1.94 bits per heavy atom. The van der Waals surface area contributed by atoms with Gasteiger partial charge in [-0.2, -0.15) is 0 Å². The van der Waals surface area contributed by atoms with Gasteiger partial charge < -0.3 is 0 Å². The molecule has 2 aromatic rings. The van der Waals surface area contributed by atoms with E-state index in [0.717, 1.165) is 17.7 Å². The standard InChI is InChI=1S/C13H13NOS/c1-9-3-10(2)5-11(4-9)6-13-14-12(7-15)8-16-13/h3-5,7-8H,6H2,1-2H3. The van der Waals surface area contributed by atoms with Crippen molar-refractivity contribution in [2.24, 2.45) is 0 Å². The average Bonchev–Trinajstić information content (AvgIpc) is 2.64. The molecule has 3 heteroatoms. The number of nitrogens with zero attached hydrogens (tertiary/aromatic N) is 1. The third-order valence-electron chi connectivity index (χ3n) is 2.33. The monoisotopic (exact) mass is 231 g/mol. The van der Waals surface area contributed by atoms with Crippen LogP contribution in [0, 0.1) is 13.8 Å². The maximum atomic E-state index is 10.5. The highest BCUT2D eigenvalue weighted by Crippen LogP contribution is 2.16. The summed E-state index contributed by atoms with van der Waals surface area (Å²) in [5, 5.41) is 2.79. The van der Waals surface area contributed by atoms with E-state index < -0.39 is 0 Å². The molecule has 0 amide bonds. The van der Waals surface area contributed by atoms with Crippen LogP contribution in [0.1, 0.15) is 32.2 Å². The Bertz CT molecular complexity index is 496. The summed E-state index contributed by atoms with van der Waals surface area (Å²) in [6, 6.07) is 6.48. The van der Waals surface area contributed by atoms with Crippen molar-refractivity contribution in [3.05, 3.63) is 51.0 Å². The lowest BCUT2D eigenvalue weighted by Crippen LogP contribution is -1.90. The van der Waals surface area contributed by atoms with Gasteiger partial charge in [-0.3, -0.25) is 4.79 Å². The van der Waals surface area contributed by atoms with E-state index in [1.54, 1.807) is 5.38 Å². The summed E-state index contributed by atoms with van der Waals surface area (Å²) in [4.78, 5) is 14.8. The zero-order valence-electron chi connectivity index (χ0n) is 9.36. The van der Waals surface area contributed by atoms with Crippen molar-refractivity contribution in [2.45, 2.75) is 20.3 Å². The topological polar surface area (TPSA) is 30.0 Å². The molecule has 0 aliphatic carbocycles. The van der Waals surface area contributed by atoms with Gasteiger partial charge in [-0.1, -0.05) is 29.3 Å². The van der Waals surface area contributed by atoms with E-state index in [0.29, 0.717) is 5.69 Å². The number of hydrogen-bond donors (Lipinski definition) is 0. The molecule has 0 unspecified atom stereocenters. The van der Waals surface area contributed by atoms with Crippen LogP contribution in [0.2, 0.25) is 0 Å². The molecular weight excluding hydrogens is 218 g/mol. The first kappa shape index (κ1) is 11.0. The molecule has 0 saturated heterocycles. The normalized spacial score (nSPS) is 10.4. The quantitative estimate of drug-likeness (QED) is 0.759. The molecule has 0 aliphatic rings. The van der Waals surface area contributed by atoms with Crippen molar-refractivity contribution in [3.63, 3.8) is 0 Å². The third-order valence-corrected chi connectivity index (χ3v) is 3.19. The molecule has 0 bridgehead atoms. The lowest BCUT2D eigenvalue weighted by atomic mass is 10.1. The Morgan fingerprint density at radius 3 is 2.50 bits per heavy atom. The zero-order chi connectivity index (χ0) is 11.5. The fourth-order valence-corrected chi connectivity index (χ4v) is 2.58. The van der Waals surface area contributed by atoms with Crippen LogP contribution in [0.3, 0.4) is 0 Å². The van der Waals surface area contributed by atoms with Crippen LogP contribution in [-0.2, 0) is 6.42 Å². The number of aryl methyl sites for hydroxylation is 2. The zero-order valence-corrected chi connectivity index (χ0v) is 10.2. The molecule has 0 saturated carbocycles. The van der Waals surface area contributed by atoms with Crippen molar-refractivity contribution < 1.29 is 4.79 Å². The summed E-state index contributed by atoms with van der Waals surface area (Å²) in [7, 11) is 0. The summed E-state index contributed by atoms with van der Waals surface area (Å²) in [6.45, 7) is 4.18. The molecule has 1 aromatic heterocycles. The van der Waals surface area contributed by atoms with Crippen LogP contribution in [0.15, 0.2) is 23.6 Å². The van der Waals surface area contributed by atoms with Gasteiger partial charge in [0.25, 0.3) is 0 Å². The third kappa shape index (κ3) is 2.55. The maximum Gasteiger partial charge on any atom is 0.169 e. The van der Waals surface area contributed by atoms with Gasteiger partial charge in [-0.05, 0) is 19.4 Å². The highest BCUT2D eigenvalue weighted by atomic mass is 32.1. The number of carbonyl (C=O) groups excluding carboxylic acids is 1. The van der Waals surface area contributed by atoms with Gasteiger partial charge in [0.05, 0.1) is 5.01 Å². The molecule has 16 heavy (non-hydrogen) atoms. The van der Waals surface area contributed by atoms with Crippen molar-refractivity contribution in [2.75, 3.05) is 0 Å². The Balaban J connectivity index is 2.22. The van der Waals surface area contributed by atoms with E-state index in [-0.39, 0.29) is 0 Å². The lowest BCUT2D eigenvalue weighted by Gasteiger charge is -2.02. The first-order valence-electron chi connectivity index (χ1n) is 5.14. The molecule has 2 nitrogen and oxygen atoms in total. The van der Waals surface area contributed by atoms with Crippen molar-refractivity contribution in [1.29, 1.82) is 0 Å². The Morgan fingerprint density at radius 1 is 1.25 bits per heavy atom. The molecule has 2 rings (SSSR count). The summed E-state index contributed by atoms with van der Waals surface area (Å²) in [5.41, 5.74) is 4.32. The molecule has 1 heterocycles. The number of carbonyl (C=O) groups is 1. The average molecular weight is 231 g/mol. The Hall–Kier alpha value is -1.48. The minimum Gasteiger partial charge on any atom is -0.296 e. The molecule has 0 N–H and O–H groups in total. The van der Waals surface area contributed by atoms with Gasteiger partial charge in [0, 0.05) is 11.8 Å². The lowest BCUT2D eigenvalue weighted by molar-refractivity contribution is 0.111. The SMILES string of the molecule is Cc1cc(C)cc(Cc2nc(C=O)cs2)c1. The number of aldehydes is 1. The van der Waals surface area contributed by atoms with Gasteiger partial charge in [0.2, 0.25) is 0 Å². The van der Waals surface area contributed by atoms with E-state index in [1.165, 1.54) is 28.0 Å². The number of thiazole rings is 1. The molecule has 0 atom stereocenters. The van der Waals surface area contributed by atoms with Crippen LogP contribution >= 0.6 is 11.3 Å². The predicted octanol–water partition coefficient (Wildman–Crippen LogP) is 3.16. The van der Waals surface area contributed by atoms with Gasteiger partial charge in [-0.25, -0.2) is 4.98 Å². The van der Waals surface area contributed by atoms with Crippen molar-refractivity contribution in [1.82, 2.24) is 4.98 Å². The summed E-state index contributed by atoms with van der Waals surface area (Å²) >= 11 is 1.54. The Labute approximate surface area is 99.0 Å². The molecular formula is C13H13NOS. The summed E-state index contributed by atoms with van der Waals surface area (Å²) < 4.78 is 0. The number of hydrogen-bond acceptors (Lipinski definition) is 3. The fourth-order valence-electron chi connectivity index (χ4n) is 1.81. The van der Waals surface area contributed by atoms with E-state index >= 15 is 0 Å². The number of rotatable bonds is 3. The summed E-state index contributed by atoms with van der Waals surface area (Å²) in [6.07, 6.45) is 1.60. The second-order valence-corrected chi connectivity index (χ2v) is 4.90. The molecule has 82 valence electrons. The van der Waals surface area contributed by atoms with Gasteiger partial charge in [0.1, 0.15) is 5.69 Å². The van der Waals surface area contributed by atoms with Crippen molar-refractivity contribution >= 4 is 17.6 Å². The Kier molecular flexibility index (Phi) is 3.15. The van der Waals surface area contributed by atoms with E-state index in [2.05, 4.69) is 37.0 Å². The van der Waals surface area contributed by atoms with E-state index in [1.807, 2.05) is 0 Å². The molecule has 0 fully saturated rings. The van der Waals surface area contributed by atoms with Gasteiger partial charge >= 0.3 is 0 Å². The van der Waals surface area contributed by atoms with E-state index in [9.17, 15) is 4.79 Å².